The Morgan fingerprint density at radius 3 is 2.62 bits per heavy atom. The summed E-state index contributed by atoms with van der Waals surface area (Å²) in [4.78, 5) is 10.4. The number of aliphatic carboxylic acids is 1. The van der Waals surface area contributed by atoms with Crippen LogP contribution in [-0.2, 0) is 4.79 Å². The molecule has 3 rings (SSSR count). The van der Waals surface area contributed by atoms with E-state index in [9.17, 15) is 4.79 Å². The quantitative estimate of drug-likeness (QED) is 0.784. The van der Waals surface area contributed by atoms with Crippen molar-refractivity contribution in [2.45, 2.75) is 0 Å². The van der Waals surface area contributed by atoms with Crippen LogP contribution in [0, 0.1) is 0 Å². The molecular weight excluding hydrogens is 292 g/mol. The van der Waals surface area contributed by atoms with Crippen LogP contribution in [0.3, 0.4) is 0 Å². The van der Waals surface area contributed by atoms with E-state index < -0.39 is 5.97 Å². The molecule has 0 aliphatic carbocycles. The van der Waals surface area contributed by atoms with Crippen LogP contribution in [0.4, 0.5) is 0 Å². The van der Waals surface area contributed by atoms with Gasteiger partial charge in [-0.25, -0.2) is 4.79 Å². The van der Waals surface area contributed by atoms with Crippen LogP contribution < -0.4 is 4.74 Å². The third kappa shape index (κ3) is 3.01. The van der Waals surface area contributed by atoms with Gasteiger partial charge in [-0.2, -0.15) is 0 Å². The summed E-state index contributed by atoms with van der Waals surface area (Å²) < 4.78 is 10.8. The molecule has 0 unspecified atom stereocenters. The van der Waals surface area contributed by atoms with Crippen LogP contribution in [0.1, 0.15) is 0 Å². The zero-order valence-corrected chi connectivity index (χ0v) is 11.6. The Morgan fingerprint density at radius 2 is 1.90 bits per heavy atom. The van der Waals surface area contributed by atoms with Gasteiger partial charge in [-0.1, -0.05) is 11.6 Å². The van der Waals surface area contributed by atoms with E-state index in [2.05, 4.69) is 0 Å². The Balaban J connectivity index is 1.86. The molecule has 1 aromatic heterocycles. The van der Waals surface area contributed by atoms with E-state index in [0.717, 1.165) is 22.3 Å². The van der Waals surface area contributed by atoms with E-state index in [-0.39, 0.29) is 6.61 Å². The number of fused-ring (bicyclic) bond motifs is 1. The van der Waals surface area contributed by atoms with Gasteiger partial charge in [0.25, 0.3) is 0 Å². The van der Waals surface area contributed by atoms with Crippen molar-refractivity contribution in [2.75, 3.05) is 6.61 Å². The van der Waals surface area contributed by atoms with Crippen molar-refractivity contribution >= 4 is 28.5 Å². The maximum absolute atomic E-state index is 10.4. The van der Waals surface area contributed by atoms with Gasteiger partial charge in [-0.3, -0.25) is 0 Å². The molecule has 3 aromatic rings. The largest absolute Gasteiger partial charge is 0.482 e. The Hall–Kier alpha value is -2.46. The van der Waals surface area contributed by atoms with Crippen LogP contribution in [0.15, 0.2) is 52.9 Å². The number of halogens is 1. The molecule has 0 fully saturated rings. The van der Waals surface area contributed by atoms with Gasteiger partial charge < -0.3 is 14.3 Å². The average Bonchev–Trinajstić information content (AvgIpc) is 2.88. The number of hydrogen-bond donors (Lipinski definition) is 1. The minimum absolute atomic E-state index is 0.359. The van der Waals surface area contributed by atoms with Gasteiger partial charge in [-0.05, 0) is 48.5 Å². The molecule has 0 aliphatic heterocycles. The maximum atomic E-state index is 10.4. The van der Waals surface area contributed by atoms with Crippen LogP contribution in [0.5, 0.6) is 5.75 Å². The number of rotatable bonds is 4. The van der Waals surface area contributed by atoms with Crippen LogP contribution in [0.2, 0.25) is 5.02 Å². The van der Waals surface area contributed by atoms with Crippen molar-refractivity contribution in [1.29, 1.82) is 0 Å². The Bertz CT molecular complexity index is 790. The summed E-state index contributed by atoms with van der Waals surface area (Å²) in [5, 5.41) is 10.2. The molecule has 5 heteroatoms. The summed E-state index contributed by atoms with van der Waals surface area (Å²) in [7, 11) is 0. The predicted molar refractivity (Wildman–Crippen MR) is 79.8 cm³/mol. The van der Waals surface area contributed by atoms with Gasteiger partial charge in [0.1, 0.15) is 17.1 Å². The van der Waals surface area contributed by atoms with Gasteiger partial charge >= 0.3 is 5.97 Å². The highest BCUT2D eigenvalue weighted by molar-refractivity contribution is 6.31. The fourth-order valence-corrected chi connectivity index (χ4v) is 2.20. The van der Waals surface area contributed by atoms with Gasteiger partial charge in [0, 0.05) is 16.0 Å². The third-order valence-electron chi connectivity index (χ3n) is 2.98. The van der Waals surface area contributed by atoms with E-state index in [1.54, 1.807) is 18.2 Å². The summed E-state index contributed by atoms with van der Waals surface area (Å²) in [5.41, 5.74) is 1.64. The SMILES string of the molecule is O=C(O)COc1ccc(-c2cc3cc(Cl)ccc3o2)cc1. The highest BCUT2D eigenvalue weighted by Crippen LogP contribution is 2.30. The minimum atomic E-state index is -1.01. The van der Waals surface area contributed by atoms with Crippen molar-refractivity contribution in [1.82, 2.24) is 0 Å². The number of benzene rings is 2. The molecule has 21 heavy (non-hydrogen) atoms. The lowest BCUT2D eigenvalue weighted by molar-refractivity contribution is -0.139. The fourth-order valence-electron chi connectivity index (χ4n) is 2.02. The first-order chi connectivity index (χ1) is 10.1. The van der Waals surface area contributed by atoms with E-state index in [4.69, 9.17) is 25.9 Å². The highest BCUT2D eigenvalue weighted by atomic mass is 35.5. The topological polar surface area (TPSA) is 59.7 Å². The molecule has 0 bridgehead atoms. The van der Waals surface area contributed by atoms with E-state index in [0.29, 0.717) is 10.8 Å². The second-order valence-corrected chi connectivity index (χ2v) is 4.94. The van der Waals surface area contributed by atoms with Crippen molar-refractivity contribution in [3.05, 3.63) is 53.6 Å². The summed E-state index contributed by atoms with van der Waals surface area (Å²) >= 11 is 5.95. The highest BCUT2D eigenvalue weighted by Gasteiger charge is 2.07. The summed E-state index contributed by atoms with van der Waals surface area (Å²) in [5.74, 6) is 0.214. The second-order valence-electron chi connectivity index (χ2n) is 4.50. The van der Waals surface area contributed by atoms with E-state index in [1.165, 1.54) is 0 Å². The maximum Gasteiger partial charge on any atom is 0.341 e. The lowest BCUT2D eigenvalue weighted by Gasteiger charge is -2.03. The minimum Gasteiger partial charge on any atom is -0.482 e. The zero-order valence-electron chi connectivity index (χ0n) is 10.9. The Morgan fingerprint density at radius 1 is 1.14 bits per heavy atom. The molecule has 106 valence electrons. The summed E-state index contributed by atoms with van der Waals surface area (Å²) in [6.07, 6.45) is 0. The first-order valence-electron chi connectivity index (χ1n) is 6.26. The number of carboxylic acid groups (broad SMARTS) is 1. The number of furan rings is 1. The van der Waals surface area contributed by atoms with Crippen molar-refractivity contribution in [2.24, 2.45) is 0 Å². The molecule has 1 heterocycles. The third-order valence-corrected chi connectivity index (χ3v) is 3.21. The molecule has 0 amide bonds. The molecule has 0 aliphatic rings. The van der Waals surface area contributed by atoms with Crippen LogP contribution in [-0.4, -0.2) is 17.7 Å². The van der Waals surface area contributed by atoms with Crippen LogP contribution >= 0.6 is 11.6 Å². The fraction of sp³-hybridized carbons (Fsp3) is 0.0625. The molecule has 0 saturated heterocycles. The Labute approximate surface area is 125 Å². The summed E-state index contributed by atoms with van der Waals surface area (Å²) in [6, 6.07) is 14.4. The first kappa shape index (κ1) is 13.5. The second kappa shape index (κ2) is 5.50. The zero-order chi connectivity index (χ0) is 14.8. The molecule has 2 aromatic carbocycles. The molecule has 0 spiro atoms. The van der Waals surface area contributed by atoms with Crippen molar-refractivity contribution in [3.8, 4) is 17.1 Å². The molecule has 0 radical (unpaired) electrons. The normalized spacial score (nSPS) is 10.7. The number of ether oxygens (including phenoxy) is 1. The number of carbonyl (C=O) groups is 1. The first-order valence-corrected chi connectivity index (χ1v) is 6.64. The molecular formula is C16H11ClO4. The average molecular weight is 303 g/mol. The van der Waals surface area contributed by atoms with Crippen molar-refractivity contribution < 1.29 is 19.1 Å². The van der Waals surface area contributed by atoms with E-state index >= 15 is 0 Å². The monoisotopic (exact) mass is 302 g/mol. The number of hydrogen-bond acceptors (Lipinski definition) is 3. The van der Waals surface area contributed by atoms with Gasteiger partial charge in [0.2, 0.25) is 0 Å². The van der Waals surface area contributed by atoms with Crippen LogP contribution in [0.25, 0.3) is 22.3 Å². The van der Waals surface area contributed by atoms with Gasteiger partial charge in [0.15, 0.2) is 6.61 Å². The molecule has 0 saturated carbocycles. The molecule has 0 atom stereocenters. The predicted octanol–water partition coefficient (Wildman–Crippen LogP) is 4.22. The number of carboxylic acids is 1. The van der Waals surface area contributed by atoms with E-state index in [1.807, 2.05) is 30.3 Å². The standard InChI is InChI=1S/C16H11ClO4/c17-12-3-6-14-11(7-12)8-15(21-14)10-1-4-13(5-2-10)20-9-16(18)19/h1-8H,9H2,(H,18,19). The van der Waals surface area contributed by atoms with Gasteiger partial charge in [0.05, 0.1) is 0 Å². The molecule has 4 nitrogen and oxygen atoms in total. The lowest BCUT2D eigenvalue weighted by atomic mass is 10.1. The smallest absolute Gasteiger partial charge is 0.341 e. The van der Waals surface area contributed by atoms with Gasteiger partial charge in [-0.15, -0.1) is 0 Å². The summed E-state index contributed by atoms with van der Waals surface area (Å²) in [6.45, 7) is -0.359. The van der Waals surface area contributed by atoms with Crippen molar-refractivity contribution in [3.63, 3.8) is 0 Å². The Kier molecular flexibility index (Phi) is 3.54. The molecule has 1 N–H and O–H groups in total. The lowest BCUT2D eigenvalue weighted by Crippen LogP contribution is -2.09.